The second-order valence-corrected chi connectivity index (χ2v) is 12.9. The molecule has 0 N–H and O–H groups in total. The van der Waals surface area contributed by atoms with Gasteiger partial charge in [0, 0.05) is 34.1 Å². The summed E-state index contributed by atoms with van der Waals surface area (Å²) in [5, 5.41) is 0. The van der Waals surface area contributed by atoms with Gasteiger partial charge in [0.1, 0.15) is 0 Å². The molecule has 0 radical (unpaired) electrons. The van der Waals surface area contributed by atoms with Crippen molar-refractivity contribution >= 4 is 34.1 Å². The van der Waals surface area contributed by atoms with Gasteiger partial charge in [0.25, 0.3) is 0 Å². The highest BCUT2D eigenvalue weighted by atomic mass is 15.1. The van der Waals surface area contributed by atoms with E-state index in [0.717, 1.165) is 22.7 Å². The molecule has 0 heterocycles. The van der Waals surface area contributed by atoms with E-state index in [4.69, 9.17) is 0 Å². The van der Waals surface area contributed by atoms with Crippen molar-refractivity contribution in [2.45, 2.75) is 54.4 Å². The van der Waals surface area contributed by atoms with Gasteiger partial charge in [-0.1, -0.05) is 91.2 Å². The lowest BCUT2D eigenvalue weighted by atomic mass is 9.98. The lowest BCUT2D eigenvalue weighted by Crippen LogP contribution is -2.12. The molecule has 2 heteroatoms. The predicted molar refractivity (Wildman–Crippen MR) is 199 cm³/mol. The molecule has 6 rings (SSSR count). The Labute approximate surface area is 275 Å². The van der Waals surface area contributed by atoms with Gasteiger partial charge in [0.05, 0.1) is 0 Å². The van der Waals surface area contributed by atoms with Gasteiger partial charge in [0.2, 0.25) is 0 Å². The lowest BCUT2D eigenvalue weighted by Gasteiger charge is -2.28. The molecule has 0 unspecified atom stereocenters. The SMILES string of the molecule is Cc1ccc(N(c2ccc(C)cc2)c2ccc(-c3ccc(N(c4ccc(C)cc4)c4ccc(C(C)C)cc4)c(C)c3)cc2C)cc1. The fourth-order valence-corrected chi connectivity index (χ4v) is 6.12. The average Bonchev–Trinajstić information content (AvgIpc) is 3.05. The third-order valence-electron chi connectivity index (χ3n) is 8.90. The molecule has 0 fully saturated rings. The quantitative estimate of drug-likeness (QED) is 0.171. The fourth-order valence-electron chi connectivity index (χ4n) is 6.12. The smallest absolute Gasteiger partial charge is 0.0491 e. The molecule has 0 amide bonds. The van der Waals surface area contributed by atoms with E-state index in [1.54, 1.807) is 0 Å². The standard InChI is InChI=1S/C44H44N2/c1-30(2)36-14-24-42(25-15-36)46(41-22-12-33(5)13-23-41)44-27-17-38(29-35(44)7)37-16-26-43(34(6)28-37)45(39-18-8-31(3)9-19-39)40-20-10-32(4)11-21-40/h8-30H,1-7H3. The monoisotopic (exact) mass is 600 g/mol. The molecule has 0 saturated heterocycles. The summed E-state index contributed by atoms with van der Waals surface area (Å²) in [6.07, 6.45) is 0. The summed E-state index contributed by atoms with van der Waals surface area (Å²) in [5.74, 6) is 0.499. The Hall–Kier alpha value is -5.08. The normalized spacial score (nSPS) is 11.1. The molecule has 0 aliphatic rings. The van der Waals surface area contributed by atoms with Crippen LogP contribution in [0.5, 0.6) is 0 Å². The number of anilines is 6. The highest BCUT2D eigenvalue weighted by Gasteiger charge is 2.18. The zero-order valence-electron chi connectivity index (χ0n) is 28.2. The summed E-state index contributed by atoms with van der Waals surface area (Å²) in [6, 6.07) is 49.1. The Bertz CT molecular complexity index is 1890. The van der Waals surface area contributed by atoms with E-state index in [9.17, 15) is 0 Å². The van der Waals surface area contributed by atoms with Gasteiger partial charge in [-0.3, -0.25) is 0 Å². The summed E-state index contributed by atoms with van der Waals surface area (Å²) < 4.78 is 0. The van der Waals surface area contributed by atoms with E-state index in [1.165, 1.54) is 55.9 Å². The van der Waals surface area contributed by atoms with Crippen molar-refractivity contribution in [3.63, 3.8) is 0 Å². The van der Waals surface area contributed by atoms with Crippen LogP contribution in [-0.4, -0.2) is 0 Å². The Kier molecular flexibility index (Phi) is 8.81. The topological polar surface area (TPSA) is 6.48 Å². The van der Waals surface area contributed by atoms with Crippen molar-refractivity contribution in [2.75, 3.05) is 9.80 Å². The fraction of sp³-hybridized carbons (Fsp3) is 0.182. The first-order valence-corrected chi connectivity index (χ1v) is 16.3. The summed E-state index contributed by atoms with van der Waals surface area (Å²) in [5.41, 5.74) is 17.0. The molecule has 0 aliphatic carbocycles. The molecule has 6 aromatic carbocycles. The van der Waals surface area contributed by atoms with E-state index in [0.29, 0.717) is 5.92 Å². The summed E-state index contributed by atoms with van der Waals surface area (Å²) in [7, 11) is 0. The van der Waals surface area contributed by atoms with Gasteiger partial charge in [-0.2, -0.15) is 0 Å². The van der Waals surface area contributed by atoms with Crippen molar-refractivity contribution in [3.8, 4) is 11.1 Å². The Morgan fingerprint density at radius 1 is 0.370 bits per heavy atom. The van der Waals surface area contributed by atoms with Crippen molar-refractivity contribution < 1.29 is 0 Å². The number of rotatable bonds is 8. The van der Waals surface area contributed by atoms with Crippen LogP contribution in [0.15, 0.2) is 133 Å². The zero-order chi connectivity index (χ0) is 32.4. The molecular weight excluding hydrogens is 556 g/mol. The summed E-state index contributed by atoms with van der Waals surface area (Å²) in [6.45, 7) is 15.3. The average molecular weight is 601 g/mol. The first-order valence-electron chi connectivity index (χ1n) is 16.3. The van der Waals surface area contributed by atoms with Gasteiger partial charge in [-0.25, -0.2) is 0 Å². The van der Waals surface area contributed by atoms with Crippen molar-refractivity contribution in [1.82, 2.24) is 0 Å². The van der Waals surface area contributed by atoms with E-state index < -0.39 is 0 Å². The first kappa shape index (κ1) is 30.9. The third kappa shape index (κ3) is 6.48. The molecule has 0 saturated carbocycles. The van der Waals surface area contributed by atoms with Crippen LogP contribution in [0.3, 0.4) is 0 Å². The number of nitrogens with zero attached hydrogens (tertiary/aromatic N) is 2. The molecule has 2 nitrogen and oxygen atoms in total. The van der Waals surface area contributed by atoms with Crippen molar-refractivity contribution in [1.29, 1.82) is 0 Å². The van der Waals surface area contributed by atoms with Crippen LogP contribution in [0.25, 0.3) is 11.1 Å². The van der Waals surface area contributed by atoms with Crippen LogP contribution in [0.4, 0.5) is 34.1 Å². The van der Waals surface area contributed by atoms with Crippen LogP contribution in [0.1, 0.15) is 53.1 Å². The Balaban J connectivity index is 1.37. The van der Waals surface area contributed by atoms with E-state index in [2.05, 4.69) is 192 Å². The maximum absolute atomic E-state index is 2.37. The Morgan fingerprint density at radius 3 is 0.957 bits per heavy atom. The predicted octanol–water partition coefficient (Wildman–Crippen LogP) is 13.0. The second kappa shape index (κ2) is 13.1. The lowest BCUT2D eigenvalue weighted by molar-refractivity contribution is 0.866. The largest absolute Gasteiger partial charge is 0.310 e. The molecule has 0 bridgehead atoms. The minimum absolute atomic E-state index is 0.499. The minimum atomic E-state index is 0.499. The molecule has 0 atom stereocenters. The maximum atomic E-state index is 2.37. The van der Waals surface area contributed by atoms with Crippen molar-refractivity contribution in [3.05, 3.63) is 167 Å². The molecule has 0 aliphatic heterocycles. The van der Waals surface area contributed by atoms with Crippen LogP contribution in [0.2, 0.25) is 0 Å². The Morgan fingerprint density at radius 2 is 0.674 bits per heavy atom. The van der Waals surface area contributed by atoms with Crippen LogP contribution >= 0.6 is 0 Å². The molecule has 6 aromatic rings. The molecule has 230 valence electrons. The van der Waals surface area contributed by atoms with Gasteiger partial charge >= 0.3 is 0 Å². The number of hydrogen-bond donors (Lipinski definition) is 0. The van der Waals surface area contributed by atoms with Gasteiger partial charge < -0.3 is 9.80 Å². The zero-order valence-corrected chi connectivity index (χ0v) is 28.2. The summed E-state index contributed by atoms with van der Waals surface area (Å²) in [4.78, 5) is 4.73. The molecule has 0 spiro atoms. The van der Waals surface area contributed by atoms with E-state index >= 15 is 0 Å². The van der Waals surface area contributed by atoms with Crippen LogP contribution < -0.4 is 9.80 Å². The molecule has 46 heavy (non-hydrogen) atoms. The van der Waals surface area contributed by atoms with Crippen molar-refractivity contribution in [2.24, 2.45) is 0 Å². The molecular formula is C44H44N2. The van der Waals surface area contributed by atoms with Gasteiger partial charge in [0.15, 0.2) is 0 Å². The maximum Gasteiger partial charge on any atom is 0.0491 e. The van der Waals surface area contributed by atoms with Crippen LogP contribution in [-0.2, 0) is 0 Å². The first-order chi connectivity index (χ1) is 22.2. The third-order valence-corrected chi connectivity index (χ3v) is 8.90. The van der Waals surface area contributed by atoms with Gasteiger partial charge in [-0.05, 0) is 141 Å². The van der Waals surface area contributed by atoms with Crippen LogP contribution in [0, 0.1) is 34.6 Å². The highest BCUT2D eigenvalue weighted by molar-refractivity contribution is 5.83. The second-order valence-electron chi connectivity index (χ2n) is 12.9. The van der Waals surface area contributed by atoms with Gasteiger partial charge in [-0.15, -0.1) is 0 Å². The minimum Gasteiger partial charge on any atom is -0.310 e. The number of benzene rings is 6. The molecule has 0 aromatic heterocycles. The van der Waals surface area contributed by atoms with E-state index in [1.807, 2.05) is 0 Å². The number of aryl methyl sites for hydroxylation is 5. The number of hydrogen-bond acceptors (Lipinski definition) is 2. The highest BCUT2D eigenvalue weighted by Crippen LogP contribution is 2.41. The van der Waals surface area contributed by atoms with E-state index in [-0.39, 0.29) is 0 Å². The summed E-state index contributed by atoms with van der Waals surface area (Å²) >= 11 is 0.